The van der Waals surface area contributed by atoms with E-state index >= 15 is 0 Å². The maximum atomic E-state index is 14.1. The topological polar surface area (TPSA) is 170 Å². The van der Waals surface area contributed by atoms with E-state index in [1.807, 2.05) is 37.4 Å². The van der Waals surface area contributed by atoms with Gasteiger partial charge in [-0.2, -0.15) is 0 Å². The fourth-order valence-corrected chi connectivity index (χ4v) is 6.87. The van der Waals surface area contributed by atoms with Gasteiger partial charge in [-0.3, -0.25) is 29.1 Å². The number of carbonyl (C=O) groups excluding carboxylic acids is 3. The highest BCUT2D eigenvalue weighted by molar-refractivity contribution is 5.99. The maximum absolute atomic E-state index is 14.1. The molecule has 2 fully saturated rings. The number of nitro groups is 1. The number of benzene rings is 2. The number of carbonyl (C=O) groups is 3. The van der Waals surface area contributed by atoms with E-state index in [2.05, 4.69) is 4.98 Å². The molecule has 0 unspecified atom stereocenters. The van der Waals surface area contributed by atoms with Crippen molar-refractivity contribution in [2.45, 2.75) is 37.3 Å². The Morgan fingerprint density at radius 3 is 2.44 bits per heavy atom. The first-order valence-electron chi connectivity index (χ1n) is 15.7. The van der Waals surface area contributed by atoms with Crippen LogP contribution in [-0.4, -0.2) is 90.6 Å². The van der Waals surface area contributed by atoms with Crippen LogP contribution in [0.3, 0.4) is 0 Å². The number of nitrogens with zero attached hydrogens (tertiary/aromatic N) is 6. The van der Waals surface area contributed by atoms with Gasteiger partial charge in [0.15, 0.2) is 0 Å². The van der Waals surface area contributed by atoms with E-state index in [0.717, 1.165) is 24.8 Å². The number of aromatic nitrogens is 3. The molecule has 14 heteroatoms. The summed E-state index contributed by atoms with van der Waals surface area (Å²) in [5, 5.41) is 23.5. The third-order valence-corrected chi connectivity index (χ3v) is 9.56. The van der Waals surface area contributed by atoms with E-state index in [9.17, 15) is 34.4 Å². The number of aryl methyl sites for hydroxylation is 1. The Kier molecular flexibility index (Phi) is 8.84. The van der Waals surface area contributed by atoms with Crippen LogP contribution in [0.1, 0.15) is 51.5 Å². The summed E-state index contributed by atoms with van der Waals surface area (Å²) in [6, 6.07) is 14.6. The molecule has 0 aliphatic carbocycles. The summed E-state index contributed by atoms with van der Waals surface area (Å²) >= 11 is 0. The zero-order valence-corrected chi connectivity index (χ0v) is 26.7. The van der Waals surface area contributed by atoms with Gasteiger partial charge in [0.2, 0.25) is 5.91 Å². The lowest BCUT2D eigenvalue weighted by Gasteiger charge is -2.43. The van der Waals surface area contributed by atoms with Gasteiger partial charge >= 0.3 is 5.97 Å². The number of esters is 1. The van der Waals surface area contributed by atoms with Gasteiger partial charge in [0.1, 0.15) is 12.0 Å². The van der Waals surface area contributed by atoms with Crippen LogP contribution in [-0.2, 0) is 23.1 Å². The lowest BCUT2D eigenvalue weighted by Crippen LogP contribution is -2.53. The number of ether oxygens (including phenoxy) is 1. The summed E-state index contributed by atoms with van der Waals surface area (Å²) in [6.07, 6.45) is 4.12. The SMILES string of the molecule is COC(=O)c1cc(C(=O)N2CC[C@@H](C(=O)N3CCC(O)(Cn4cnc5c(ccn5C)c4=O)CC3)[C@H](c3ccccc3)C2)cc([N+](=O)[O-])c1. The molecule has 0 radical (unpaired) electrons. The third kappa shape index (κ3) is 6.30. The number of amides is 2. The number of fused-ring (bicyclic) bond motifs is 1. The lowest BCUT2D eigenvalue weighted by atomic mass is 9.79. The third-order valence-electron chi connectivity index (χ3n) is 9.56. The molecule has 48 heavy (non-hydrogen) atoms. The summed E-state index contributed by atoms with van der Waals surface area (Å²) in [5.41, 5.74) is -0.506. The molecule has 2 aliphatic rings. The molecule has 2 saturated heterocycles. The summed E-state index contributed by atoms with van der Waals surface area (Å²) in [7, 11) is 2.96. The number of likely N-dealkylation sites (tertiary alicyclic amines) is 2. The summed E-state index contributed by atoms with van der Waals surface area (Å²) in [5.74, 6) is -2.18. The molecule has 1 N–H and O–H groups in total. The number of methoxy groups -OCH3 is 1. The van der Waals surface area contributed by atoms with Crippen molar-refractivity contribution in [3.8, 4) is 0 Å². The number of non-ortho nitro benzene ring substituents is 1. The Labute approximate surface area is 275 Å². The standard InChI is InChI=1S/C34H36N6O8/c1-36-12-8-27-29(36)35-21-39(32(27)43)20-34(45)10-14-37(15-11-34)31(42)26-9-13-38(19-28(26)22-6-4-3-5-7-22)30(41)23-16-24(33(44)48-2)18-25(17-23)40(46)47/h3-8,12,16-18,21,26,28,45H,9-11,13-15,19-20H2,1-2H3/t26-,28+/m1/s1. The van der Waals surface area contributed by atoms with Crippen molar-refractivity contribution in [3.05, 3.63) is 104 Å². The minimum absolute atomic E-state index is 0.0165. The van der Waals surface area contributed by atoms with Crippen molar-refractivity contribution in [1.82, 2.24) is 23.9 Å². The molecule has 0 spiro atoms. The number of nitro benzene ring substituents is 1. The summed E-state index contributed by atoms with van der Waals surface area (Å²) in [6.45, 7) is 1.08. The van der Waals surface area contributed by atoms with Crippen LogP contribution in [0.15, 0.2) is 71.9 Å². The predicted octanol–water partition coefficient (Wildman–Crippen LogP) is 2.73. The average molecular weight is 657 g/mol. The lowest BCUT2D eigenvalue weighted by molar-refractivity contribution is -0.384. The van der Waals surface area contributed by atoms with E-state index < -0.39 is 34.0 Å². The van der Waals surface area contributed by atoms with Crippen LogP contribution in [0.4, 0.5) is 5.69 Å². The molecular formula is C34H36N6O8. The van der Waals surface area contributed by atoms with Gasteiger partial charge in [0.25, 0.3) is 17.2 Å². The van der Waals surface area contributed by atoms with Gasteiger partial charge in [0, 0.05) is 69.0 Å². The van der Waals surface area contributed by atoms with Crippen molar-refractivity contribution in [2.24, 2.45) is 13.0 Å². The molecule has 14 nitrogen and oxygen atoms in total. The Hall–Kier alpha value is -5.37. The minimum Gasteiger partial charge on any atom is -0.465 e. The Morgan fingerprint density at radius 2 is 1.75 bits per heavy atom. The molecular weight excluding hydrogens is 620 g/mol. The number of piperidine rings is 2. The maximum Gasteiger partial charge on any atom is 0.338 e. The zero-order valence-electron chi connectivity index (χ0n) is 26.7. The van der Waals surface area contributed by atoms with Crippen LogP contribution in [0.2, 0.25) is 0 Å². The smallest absolute Gasteiger partial charge is 0.338 e. The quantitative estimate of drug-likeness (QED) is 0.179. The summed E-state index contributed by atoms with van der Waals surface area (Å²) < 4.78 is 7.91. The Bertz CT molecular complexity index is 1950. The first-order chi connectivity index (χ1) is 23.0. The zero-order chi connectivity index (χ0) is 34.2. The highest BCUT2D eigenvalue weighted by Crippen LogP contribution is 2.36. The molecule has 0 saturated carbocycles. The molecule has 2 aromatic carbocycles. The van der Waals surface area contributed by atoms with Crippen LogP contribution >= 0.6 is 0 Å². The monoisotopic (exact) mass is 656 g/mol. The predicted molar refractivity (Wildman–Crippen MR) is 173 cm³/mol. The second kappa shape index (κ2) is 13.0. The number of rotatable bonds is 7. The molecule has 2 aromatic heterocycles. The van der Waals surface area contributed by atoms with E-state index in [0.29, 0.717) is 30.5 Å². The Morgan fingerprint density at radius 1 is 1.04 bits per heavy atom. The molecule has 4 aromatic rings. The number of hydrogen-bond donors (Lipinski definition) is 1. The highest BCUT2D eigenvalue weighted by atomic mass is 16.6. The van der Waals surface area contributed by atoms with E-state index in [1.54, 1.807) is 26.6 Å². The van der Waals surface area contributed by atoms with Gasteiger partial charge in [-0.05, 0) is 37.0 Å². The molecule has 250 valence electrons. The van der Waals surface area contributed by atoms with Gasteiger partial charge in [-0.1, -0.05) is 30.3 Å². The number of aliphatic hydroxyl groups is 1. The first kappa shape index (κ1) is 32.6. The van der Waals surface area contributed by atoms with Gasteiger partial charge in [-0.15, -0.1) is 0 Å². The van der Waals surface area contributed by atoms with Crippen molar-refractivity contribution in [3.63, 3.8) is 0 Å². The minimum atomic E-state index is -1.19. The molecule has 4 heterocycles. The molecule has 2 aliphatic heterocycles. The van der Waals surface area contributed by atoms with E-state index in [-0.39, 0.29) is 61.0 Å². The van der Waals surface area contributed by atoms with Gasteiger partial charge in [0.05, 0.1) is 35.1 Å². The normalized spacial score (nSPS) is 19.2. The van der Waals surface area contributed by atoms with Crippen molar-refractivity contribution in [2.75, 3.05) is 33.3 Å². The van der Waals surface area contributed by atoms with E-state index in [4.69, 9.17) is 4.74 Å². The fourth-order valence-electron chi connectivity index (χ4n) is 6.87. The molecule has 2 amide bonds. The van der Waals surface area contributed by atoms with Crippen molar-refractivity contribution >= 4 is 34.5 Å². The van der Waals surface area contributed by atoms with Gasteiger partial charge in [-0.25, -0.2) is 9.78 Å². The molecule has 6 rings (SSSR count). The molecule has 2 atom stereocenters. The van der Waals surface area contributed by atoms with Crippen LogP contribution < -0.4 is 5.56 Å². The number of hydrogen-bond acceptors (Lipinski definition) is 9. The fraction of sp³-hybridized carbons (Fsp3) is 0.382. The second-order valence-electron chi connectivity index (χ2n) is 12.6. The largest absolute Gasteiger partial charge is 0.465 e. The van der Waals surface area contributed by atoms with E-state index in [1.165, 1.54) is 17.0 Å². The van der Waals surface area contributed by atoms with Crippen molar-refractivity contribution < 1.29 is 29.2 Å². The second-order valence-corrected chi connectivity index (χ2v) is 12.6. The van der Waals surface area contributed by atoms with Crippen LogP contribution in [0.5, 0.6) is 0 Å². The first-order valence-corrected chi connectivity index (χ1v) is 15.7. The Balaban J connectivity index is 1.18. The average Bonchev–Trinajstić information content (AvgIpc) is 3.49. The van der Waals surface area contributed by atoms with Crippen LogP contribution in [0, 0.1) is 16.0 Å². The van der Waals surface area contributed by atoms with Crippen molar-refractivity contribution in [1.29, 1.82) is 0 Å². The summed E-state index contributed by atoms with van der Waals surface area (Å²) in [4.78, 5) is 71.6. The molecule has 0 bridgehead atoms. The van der Waals surface area contributed by atoms with Crippen LogP contribution in [0.25, 0.3) is 11.0 Å². The highest BCUT2D eigenvalue weighted by Gasteiger charge is 2.42. The van der Waals surface area contributed by atoms with Gasteiger partial charge < -0.3 is 24.2 Å².